The number of hydrogen-bond acceptors (Lipinski definition) is 4. The Morgan fingerprint density at radius 1 is 1.07 bits per heavy atom. The average molecular weight is 384 g/mol. The number of para-hydroxylation sites is 1. The van der Waals surface area contributed by atoms with Gasteiger partial charge in [0.1, 0.15) is 5.82 Å². The van der Waals surface area contributed by atoms with Gasteiger partial charge in [0.2, 0.25) is 5.91 Å². The van der Waals surface area contributed by atoms with E-state index in [4.69, 9.17) is 4.74 Å². The second-order valence-electron chi connectivity index (χ2n) is 5.83. The molecule has 0 heterocycles. The average Bonchev–Trinajstić information content (AvgIpc) is 2.69. The number of rotatable bonds is 8. The van der Waals surface area contributed by atoms with Gasteiger partial charge in [-0.15, -0.1) is 0 Å². The number of esters is 1. The first-order valence-corrected chi connectivity index (χ1v) is 8.72. The summed E-state index contributed by atoms with van der Waals surface area (Å²) in [6.07, 6.45) is 3.24. The number of anilines is 1. The first-order valence-electron chi connectivity index (χ1n) is 8.72. The van der Waals surface area contributed by atoms with E-state index in [0.717, 1.165) is 18.1 Å². The Labute approximate surface area is 162 Å². The van der Waals surface area contributed by atoms with Gasteiger partial charge in [-0.3, -0.25) is 9.59 Å². The minimum absolute atomic E-state index is 0.242. The summed E-state index contributed by atoms with van der Waals surface area (Å²) in [5.41, 5.74) is 2.17. The summed E-state index contributed by atoms with van der Waals surface area (Å²) in [6, 6.07) is 13.1. The lowest BCUT2D eigenvalue weighted by Gasteiger charge is -2.10. The second kappa shape index (κ2) is 10.6. The lowest BCUT2D eigenvalue weighted by molar-refractivity contribution is -0.143. The fourth-order valence-corrected chi connectivity index (χ4v) is 2.33. The molecule has 0 aliphatic heterocycles. The fraction of sp³-hybridized carbons (Fsp3) is 0.190. The molecule has 28 heavy (non-hydrogen) atoms. The number of halogens is 1. The molecule has 0 atom stereocenters. The van der Waals surface area contributed by atoms with Crippen molar-refractivity contribution < 1.29 is 23.5 Å². The van der Waals surface area contributed by atoms with Crippen molar-refractivity contribution in [2.24, 2.45) is 0 Å². The van der Waals surface area contributed by atoms with Crippen molar-refractivity contribution in [3.8, 4) is 0 Å². The lowest BCUT2D eigenvalue weighted by Crippen LogP contribution is -2.35. The molecule has 2 aromatic rings. The number of carbonyl (C=O) groups is 3. The van der Waals surface area contributed by atoms with Gasteiger partial charge in [0.15, 0.2) is 6.61 Å². The molecule has 0 fully saturated rings. The Balaban J connectivity index is 1.72. The predicted molar refractivity (Wildman–Crippen MR) is 104 cm³/mol. The van der Waals surface area contributed by atoms with E-state index in [2.05, 4.69) is 10.6 Å². The Hall–Kier alpha value is -3.48. The molecule has 0 saturated heterocycles. The van der Waals surface area contributed by atoms with E-state index in [-0.39, 0.29) is 12.5 Å². The Morgan fingerprint density at radius 3 is 2.61 bits per heavy atom. The van der Waals surface area contributed by atoms with Crippen LogP contribution in [-0.4, -0.2) is 30.9 Å². The molecule has 2 N–H and O–H groups in total. The zero-order valence-electron chi connectivity index (χ0n) is 15.4. The molecular weight excluding hydrogens is 363 g/mol. The smallest absolute Gasteiger partial charge is 0.331 e. The summed E-state index contributed by atoms with van der Waals surface area (Å²) >= 11 is 0. The maximum absolute atomic E-state index is 13.0. The van der Waals surface area contributed by atoms with Gasteiger partial charge in [-0.05, 0) is 41.8 Å². The van der Waals surface area contributed by atoms with E-state index in [1.807, 2.05) is 25.1 Å². The van der Waals surface area contributed by atoms with Gasteiger partial charge in [-0.2, -0.15) is 0 Å². The molecular formula is C21H21FN2O4. The first-order chi connectivity index (χ1) is 13.5. The molecule has 0 aliphatic rings. The highest BCUT2D eigenvalue weighted by Gasteiger charge is 2.09. The van der Waals surface area contributed by atoms with Crippen LogP contribution < -0.4 is 10.6 Å². The van der Waals surface area contributed by atoms with Gasteiger partial charge in [-0.1, -0.05) is 37.3 Å². The molecule has 6 nitrogen and oxygen atoms in total. The van der Waals surface area contributed by atoms with Gasteiger partial charge < -0.3 is 15.4 Å². The van der Waals surface area contributed by atoms with E-state index in [9.17, 15) is 18.8 Å². The van der Waals surface area contributed by atoms with Crippen LogP contribution in [0.4, 0.5) is 10.1 Å². The molecule has 0 saturated carbocycles. The summed E-state index contributed by atoms with van der Waals surface area (Å²) in [5.74, 6) is -2.16. The van der Waals surface area contributed by atoms with Crippen LogP contribution in [0.15, 0.2) is 54.6 Å². The molecule has 0 bridgehead atoms. The van der Waals surface area contributed by atoms with Crippen molar-refractivity contribution in [3.05, 3.63) is 71.6 Å². The Kier molecular flexibility index (Phi) is 7.90. The van der Waals surface area contributed by atoms with Crippen LogP contribution in [0.5, 0.6) is 0 Å². The number of benzene rings is 2. The number of carbonyl (C=O) groups excluding carboxylic acids is 3. The summed E-state index contributed by atoms with van der Waals surface area (Å²) < 4.78 is 17.8. The highest BCUT2D eigenvalue weighted by molar-refractivity contribution is 5.95. The Morgan fingerprint density at radius 2 is 1.86 bits per heavy atom. The minimum Gasteiger partial charge on any atom is -0.452 e. The highest BCUT2D eigenvalue weighted by Crippen LogP contribution is 2.14. The van der Waals surface area contributed by atoms with Crippen LogP contribution in [0, 0.1) is 5.82 Å². The van der Waals surface area contributed by atoms with Gasteiger partial charge in [0, 0.05) is 11.8 Å². The molecule has 2 aromatic carbocycles. The van der Waals surface area contributed by atoms with Crippen molar-refractivity contribution >= 4 is 29.5 Å². The van der Waals surface area contributed by atoms with E-state index in [0.29, 0.717) is 11.3 Å². The largest absolute Gasteiger partial charge is 0.452 e. The SMILES string of the molecule is CCc1ccccc1NC(=O)CNC(=O)COC(=O)/C=C/c1cccc(F)c1. The summed E-state index contributed by atoms with van der Waals surface area (Å²) in [5, 5.41) is 5.10. The zero-order chi connectivity index (χ0) is 20.4. The maximum atomic E-state index is 13.0. The molecule has 146 valence electrons. The fourth-order valence-electron chi connectivity index (χ4n) is 2.33. The summed E-state index contributed by atoms with van der Waals surface area (Å²) in [6.45, 7) is 1.21. The van der Waals surface area contributed by atoms with E-state index < -0.39 is 24.3 Å². The maximum Gasteiger partial charge on any atom is 0.331 e. The zero-order valence-corrected chi connectivity index (χ0v) is 15.4. The molecule has 0 aliphatic carbocycles. The first kappa shape index (κ1) is 20.8. The van der Waals surface area contributed by atoms with Gasteiger partial charge >= 0.3 is 5.97 Å². The molecule has 0 spiro atoms. The van der Waals surface area contributed by atoms with E-state index in [1.54, 1.807) is 12.1 Å². The van der Waals surface area contributed by atoms with Gasteiger partial charge in [0.25, 0.3) is 5.91 Å². The third-order valence-electron chi connectivity index (χ3n) is 3.72. The molecule has 2 amide bonds. The Bertz CT molecular complexity index is 880. The number of amides is 2. The standard InChI is InChI=1S/C21H21FN2O4/c1-2-16-7-3-4-9-18(16)24-19(25)13-23-20(26)14-28-21(27)11-10-15-6-5-8-17(22)12-15/h3-12H,2,13-14H2,1H3,(H,23,26)(H,24,25)/b11-10+. The van der Waals surface area contributed by atoms with Gasteiger partial charge in [-0.25, -0.2) is 9.18 Å². The van der Waals surface area contributed by atoms with Gasteiger partial charge in [0.05, 0.1) is 6.54 Å². The molecule has 0 unspecified atom stereocenters. The highest BCUT2D eigenvalue weighted by atomic mass is 19.1. The number of nitrogens with one attached hydrogen (secondary N) is 2. The summed E-state index contributed by atoms with van der Waals surface area (Å²) in [7, 11) is 0. The number of aryl methyl sites for hydroxylation is 1. The van der Waals surface area contributed by atoms with Crippen molar-refractivity contribution in [3.63, 3.8) is 0 Å². The molecule has 0 radical (unpaired) electrons. The van der Waals surface area contributed by atoms with E-state index >= 15 is 0 Å². The van der Waals surface area contributed by atoms with Crippen LogP contribution in [0.25, 0.3) is 6.08 Å². The van der Waals surface area contributed by atoms with Crippen LogP contribution in [0.1, 0.15) is 18.1 Å². The number of hydrogen-bond donors (Lipinski definition) is 2. The van der Waals surface area contributed by atoms with Crippen LogP contribution in [0.3, 0.4) is 0 Å². The normalized spacial score (nSPS) is 10.5. The number of ether oxygens (including phenoxy) is 1. The van der Waals surface area contributed by atoms with E-state index in [1.165, 1.54) is 24.3 Å². The minimum atomic E-state index is -0.749. The van der Waals surface area contributed by atoms with Crippen molar-refractivity contribution in [1.29, 1.82) is 0 Å². The van der Waals surface area contributed by atoms with Crippen LogP contribution >= 0.6 is 0 Å². The molecule has 7 heteroatoms. The van der Waals surface area contributed by atoms with Crippen molar-refractivity contribution in [2.45, 2.75) is 13.3 Å². The molecule has 2 rings (SSSR count). The lowest BCUT2D eigenvalue weighted by atomic mass is 10.1. The quantitative estimate of drug-likeness (QED) is 0.541. The summed E-state index contributed by atoms with van der Waals surface area (Å²) in [4.78, 5) is 35.2. The third kappa shape index (κ3) is 7.03. The third-order valence-corrected chi connectivity index (χ3v) is 3.72. The monoisotopic (exact) mass is 384 g/mol. The van der Waals surface area contributed by atoms with Crippen LogP contribution in [0.2, 0.25) is 0 Å². The second-order valence-corrected chi connectivity index (χ2v) is 5.83. The topological polar surface area (TPSA) is 84.5 Å². The predicted octanol–water partition coefficient (Wildman–Crippen LogP) is 2.70. The van der Waals surface area contributed by atoms with Crippen LogP contribution in [-0.2, 0) is 25.5 Å². The van der Waals surface area contributed by atoms with Crippen molar-refractivity contribution in [2.75, 3.05) is 18.5 Å². The van der Waals surface area contributed by atoms with Crippen molar-refractivity contribution in [1.82, 2.24) is 5.32 Å². The molecule has 0 aromatic heterocycles.